The summed E-state index contributed by atoms with van der Waals surface area (Å²) in [6, 6.07) is 3.43. The number of alkyl halides is 3. The predicted octanol–water partition coefficient (Wildman–Crippen LogP) is 5.23. The van der Waals surface area contributed by atoms with Gasteiger partial charge in [-0.2, -0.15) is 18.3 Å². The van der Waals surface area contributed by atoms with Crippen molar-refractivity contribution in [3.63, 3.8) is 0 Å². The van der Waals surface area contributed by atoms with Crippen LogP contribution in [-0.4, -0.2) is 77.3 Å². The zero-order valence-electron chi connectivity index (χ0n) is 24.9. The summed E-state index contributed by atoms with van der Waals surface area (Å²) in [6.07, 6.45) is -7.26. The van der Waals surface area contributed by atoms with E-state index in [0.29, 0.717) is 12.8 Å². The number of ketones is 1. The van der Waals surface area contributed by atoms with Crippen molar-refractivity contribution >= 4 is 29.0 Å². The van der Waals surface area contributed by atoms with Gasteiger partial charge in [-0.15, -0.1) is 5.10 Å². The molecule has 0 bridgehead atoms. The fraction of sp³-hybridized carbons (Fsp3) is 0.433. The SMILES string of the molecule is Cc1nc([C@@H]2O[C@H](CO)[C@H](O)[C@H](n3cc(-c4cc(F)c(Cl)c(F)c4)nn3)[C@H]2OCC(=O)C2CCC2)n(-c2cc(Cl)ccc2C(F)(F)F)n1. The van der Waals surface area contributed by atoms with Gasteiger partial charge in [0.25, 0.3) is 0 Å². The molecule has 2 N–H and O–H groups in total. The lowest BCUT2D eigenvalue weighted by atomic mass is 9.82. The van der Waals surface area contributed by atoms with Crippen molar-refractivity contribution in [2.24, 2.45) is 5.92 Å². The Bertz CT molecular complexity index is 1810. The van der Waals surface area contributed by atoms with Crippen LogP contribution in [0.3, 0.4) is 0 Å². The van der Waals surface area contributed by atoms with Crippen LogP contribution in [0.1, 0.15) is 48.6 Å². The number of rotatable bonds is 9. The number of Topliss-reactive ketones (excluding diaryl/α,β-unsaturated/α-hetero) is 1. The lowest BCUT2D eigenvalue weighted by molar-refractivity contribution is -0.223. The van der Waals surface area contributed by atoms with E-state index in [2.05, 4.69) is 20.4 Å². The highest BCUT2D eigenvalue weighted by Gasteiger charge is 2.50. The molecule has 1 aliphatic heterocycles. The molecule has 6 rings (SSSR count). The summed E-state index contributed by atoms with van der Waals surface area (Å²) in [5, 5.41) is 33.1. The maximum atomic E-state index is 14.3. The number of hydrogen-bond acceptors (Lipinski definition) is 9. The molecule has 256 valence electrons. The second-order valence-corrected chi connectivity index (χ2v) is 12.4. The van der Waals surface area contributed by atoms with Crippen molar-refractivity contribution in [3.05, 3.63) is 75.4 Å². The Kier molecular flexibility index (Phi) is 9.58. The highest BCUT2D eigenvalue weighted by molar-refractivity contribution is 6.31. The summed E-state index contributed by atoms with van der Waals surface area (Å²) in [5.41, 5.74) is -1.68. The monoisotopic (exact) mass is 716 g/mol. The summed E-state index contributed by atoms with van der Waals surface area (Å²) in [4.78, 5) is 17.3. The first-order valence-corrected chi connectivity index (χ1v) is 15.5. The Balaban J connectivity index is 1.47. The number of aliphatic hydroxyl groups excluding tert-OH is 2. The summed E-state index contributed by atoms with van der Waals surface area (Å²) in [7, 11) is 0. The standard InChI is InChI=1S/C30H27Cl2F5N6O5/c1-13-38-29(43(40-13)21-9-16(31)5-6-17(21)30(35,36)37)28-27(47-12-22(45)14-3-2-4-14)25(26(46)23(11-44)48-28)42-10-20(39-41-42)15-7-18(33)24(32)19(34)8-15/h5-10,14,23,25-28,44,46H,2-4,11-12H2,1H3/t23-,25+,26+,27-,28-/m1/s1. The maximum absolute atomic E-state index is 14.3. The van der Waals surface area contributed by atoms with Crippen LogP contribution in [0.15, 0.2) is 36.5 Å². The second-order valence-electron chi connectivity index (χ2n) is 11.6. The van der Waals surface area contributed by atoms with Crippen LogP contribution in [0.25, 0.3) is 16.9 Å². The predicted molar refractivity (Wildman–Crippen MR) is 158 cm³/mol. The van der Waals surface area contributed by atoms with E-state index < -0.39 is 77.8 Å². The van der Waals surface area contributed by atoms with Crippen molar-refractivity contribution in [2.75, 3.05) is 13.2 Å². The average molecular weight is 717 g/mol. The van der Waals surface area contributed by atoms with Gasteiger partial charge in [-0.25, -0.2) is 23.1 Å². The maximum Gasteiger partial charge on any atom is 0.418 e. The molecule has 1 aliphatic carbocycles. The molecular formula is C30H27Cl2F5N6O5. The number of carbonyl (C=O) groups is 1. The number of ether oxygens (including phenoxy) is 2. The van der Waals surface area contributed by atoms with Crippen LogP contribution in [0.4, 0.5) is 22.0 Å². The van der Waals surface area contributed by atoms with Crippen LogP contribution in [0.2, 0.25) is 10.0 Å². The average Bonchev–Trinajstić information content (AvgIpc) is 3.64. The molecule has 4 aromatic rings. The molecule has 1 saturated heterocycles. The lowest BCUT2D eigenvalue weighted by Crippen LogP contribution is -2.54. The zero-order chi connectivity index (χ0) is 34.5. The van der Waals surface area contributed by atoms with Gasteiger partial charge in [0.05, 0.1) is 24.1 Å². The molecule has 0 spiro atoms. The zero-order valence-corrected chi connectivity index (χ0v) is 26.4. The van der Waals surface area contributed by atoms with Gasteiger partial charge in [0.2, 0.25) is 0 Å². The van der Waals surface area contributed by atoms with E-state index in [-0.39, 0.29) is 39.6 Å². The highest BCUT2D eigenvalue weighted by atomic mass is 35.5. The van der Waals surface area contributed by atoms with Gasteiger partial charge in [0.1, 0.15) is 65.2 Å². The van der Waals surface area contributed by atoms with Gasteiger partial charge in [0.15, 0.2) is 11.6 Å². The van der Waals surface area contributed by atoms with Gasteiger partial charge in [-0.1, -0.05) is 34.8 Å². The third-order valence-electron chi connectivity index (χ3n) is 8.43. The largest absolute Gasteiger partial charge is 0.418 e. The van der Waals surface area contributed by atoms with Crippen molar-refractivity contribution < 1.29 is 46.4 Å². The van der Waals surface area contributed by atoms with Crippen LogP contribution >= 0.6 is 23.2 Å². The summed E-state index contributed by atoms with van der Waals surface area (Å²) in [6.45, 7) is 0.200. The van der Waals surface area contributed by atoms with E-state index in [9.17, 15) is 37.0 Å². The van der Waals surface area contributed by atoms with Gasteiger partial charge in [0, 0.05) is 16.5 Å². The number of nitrogens with zero attached hydrogens (tertiary/aromatic N) is 6. The molecule has 0 radical (unpaired) electrons. The Morgan fingerprint density at radius 2 is 1.85 bits per heavy atom. The van der Waals surface area contributed by atoms with E-state index >= 15 is 0 Å². The number of hydrogen-bond donors (Lipinski definition) is 2. The molecule has 18 heteroatoms. The minimum Gasteiger partial charge on any atom is -0.394 e. The Morgan fingerprint density at radius 3 is 2.48 bits per heavy atom. The molecule has 2 aromatic carbocycles. The third-order valence-corrected chi connectivity index (χ3v) is 9.02. The minimum atomic E-state index is -4.83. The number of carbonyl (C=O) groups excluding carboxylic acids is 1. The number of aromatic nitrogens is 6. The first kappa shape index (κ1) is 34.3. The van der Waals surface area contributed by atoms with Crippen molar-refractivity contribution in [3.8, 4) is 16.9 Å². The second kappa shape index (κ2) is 13.4. The summed E-state index contributed by atoms with van der Waals surface area (Å²) < 4.78 is 85.2. The third kappa shape index (κ3) is 6.56. The molecule has 5 atom stereocenters. The van der Waals surface area contributed by atoms with Gasteiger partial charge in [-0.05, 0) is 50.1 Å². The minimum absolute atomic E-state index is 0.0315. The van der Waals surface area contributed by atoms with E-state index in [4.69, 9.17) is 32.7 Å². The van der Waals surface area contributed by atoms with Gasteiger partial charge in [-0.3, -0.25) is 4.79 Å². The molecule has 11 nitrogen and oxygen atoms in total. The molecule has 2 aliphatic rings. The lowest BCUT2D eigenvalue weighted by Gasteiger charge is -2.43. The quantitative estimate of drug-likeness (QED) is 0.176. The van der Waals surface area contributed by atoms with Crippen molar-refractivity contribution in [1.82, 2.24) is 29.8 Å². The molecule has 2 fully saturated rings. The normalized spacial score (nSPS) is 23.3. The van der Waals surface area contributed by atoms with Crippen LogP contribution < -0.4 is 0 Å². The smallest absolute Gasteiger partial charge is 0.394 e. The van der Waals surface area contributed by atoms with Crippen molar-refractivity contribution in [2.45, 2.75) is 62.8 Å². The Morgan fingerprint density at radius 1 is 1.15 bits per heavy atom. The van der Waals surface area contributed by atoms with Gasteiger partial charge >= 0.3 is 6.18 Å². The summed E-state index contributed by atoms with van der Waals surface area (Å²) >= 11 is 11.7. The molecular weight excluding hydrogens is 690 g/mol. The van der Waals surface area contributed by atoms with Crippen LogP contribution in [-0.2, 0) is 20.4 Å². The first-order chi connectivity index (χ1) is 22.8. The van der Waals surface area contributed by atoms with Crippen molar-refractivity contribution in [1.29, 1.82) is 0 Å². The Labute approximate surface area is 279 Å². The van der Waals surface area contributed by atoms with Crippen LogP contribution in [0.5, 0.6) is 0 Å². The van der Waals surface area contributed by atoms with E-state index in [0.717, 1.165) is 46.1 Å². The van der Waals surface area contributed by atoms with Crippen LogP contribution in [0, 0.1) is 24.5 Å². The van der Waals surface area contributed by atoms with E-state index in [1.165, 1.54) is 13.1 Å². The molecule has 0 amide bonds. The number of aryl methyl sites for hydroxylation is 1. The van der Waals surface area contributed by atoms with E-state index in [1.807, 2.05) is 0 Å². The highest BCUT2D eigenvalue weighted by Crippen LogP contribution is 2.42. The molecule has 2 aromatic heterocycles. The molecule has 48 heavy (non-hydrogen) atoms. The molecule has 0 unspecified atom stereocenters. The number of aliphatic hydroxyl groups is 2. The Hall–Kier alpha value is -3.54. The fourth-order valence-corrected chi connectivity index (χ4v) is 6.06. The number of halogens is 7. The molecule has 3 heterocycles. The first-order valence-electron chi connectivity index (χ1n) is 14.7. The van der Waals surface area contributed by atoms with Gasteiger partial charge < -0.3 is 19.7 Å². The topological polar surface area (TPSA) is 137 Å². The fourth-order valence-electron chi connectivity index (χ4n) is 5.79. The summed E-state index contributed by atoms with van der Waals surface area (Å²) in [5.74, 6) is -2.80. The number of benzene rings is 2. The molecule has 1 saturated carbocycles. The van der Waals surface area contributed by atoms with E-state index in [1.54, 1.807) is 0 Å².